The third kappa shape index (κ3) is 4.01. The van der Waals surface area contributed by atoms with E-state index in [0.717, 1.165) is 17.8 Å². The number of aromatic nitrogens is 2. The minimum absolute atomic E-state index is 0.0270. The number of hydrogen-bond acceptors (Lipinski definition) is 4. The molecule has 0 radical (unpaired) electrons. The Hall–Kier alpha value is -2.09. The molecule has 1 aromatic heterocycles. The Labute approximate surface area is 135 Å². The van der Waals surface area contributed by atoms with Crippen molar-refractivity contribution in [2.24, 2.45) is 0 Å². The van der Waals surface area contributed by atoms with Gasteiger partial charge in [0.2, 0.25) is 0 Å². The molecule has 0 aliphatic rings. The Bertz CT molecular complexity index is 732. The van der Waals surface area contributed by atoms with Gasteiger partial charge < -0.3 is 4.90 Å². The third-order valence-corrected chi connectivity index (χ3v) is 3.54. The second kappa shape index (κ2) is 6.57. The number of thioether (sulfide) groups is 1. The van der Waals surface area contributed by atoms with Gasteiger partial charge in [-0.2, -0.15) is 13.2 Å². The highest BCUT2D eigenvalue weighted by Gasteiger charge is 2.33. The molecular weight excluding hydrogens is 327 g/mol. The lowest BCUT2D eigenvalue weighted by molar-refractivity contribution is -0.141. The topological polar surface area (TPSA) is 46.1 Å². The molecule has 8 heteroatoms. The number of nitrogens with zero attached hydrogens (tertiary/aromatic N) is 3. The number of amides is 1. The van der Waals surface area contributed by atoms with Gasteiger partial charge in [0.25, 0.3) is 5.91 Å². The van der Waals surface area contributed by atoms with Gasteiger partial charge in [0.1, 0.15) is 5.69 Å². The highest BCUT2D eigenvalue weighted by Crippen LogP contribution is 2.31. The molecule has 0 fully saturated rings. The van der Waals surface area contributed by atoms with Gasteiger partial charge >= 0.3 is 6.18 Å². The fourth-order valence-electron chi connectivity index (χ4n) is 1.88. The summed E-state index contributed by atoms with van der Waals surface area (Å²) in [5.74, 6) is -0.234. The number of rotatable bonds is 3. The van der Waals surface area contributed by atoms with Crippen LogP contribution in [0.3, 0.4) is 0 Å². The molecule has 0 aliphatic carbocycles. The summed E-state index contributed by atoms with van der Waals surface area (Å²) in [6.07, 6.45) is -2.95. The van der Waals surface area contributed by atoms with Gasteiger partial charge in [-0.05, 0) is 24.5 Å². The van der Waals surface area contributed by atoms with Crippen LogP contribution in [-0.4, -0.2) is 41.1 Å². The van der Waals surface area contributed by atoms with Gasteiger partial charge in [0.05, 0.1) is 5.69 Å². The Morgan fingerprint density at radius 3 is 2.43 bits per heavy atom. The largest absolute Gasteiger partial charge is 0.433 e. The van der Waals surface area contributed by atoms with Crippen LogP contribution in [0.1, 0.15) is 16.1 Å². The molecule has 0 aliphatic heterocycles. The number of carbonyl (C=O) groups is 1. The first-order chi connectivity index (χ1) is 10.7. The molecular formula is C15H14F3N3OS. The summed E-state index contributed by atoms with van der Waals surface area (Å²) in [7, 11) is 3.21. The van der Waals surface area contributed by atoms with Crippen LogP contribution in [0.25, 0.3) is 11.3 Å². The van der Waals surface area contributed by atoms with Crippen LogP contribution < -0.4 is 0 Å². The first-order valence-electron chi connectivity index (χ1n) is 6.54. The molecule has 0 saturated carbocycles. The molecule has 0 N–H and O–H groups in total. The summed E-state index contributed by atoms with van der Waals surface area (Å²) in [6, 6.07) is 7.24. The van der Waals surface area contributed by atoms with E-state index >= 15 is 0 Å². The molecule has 1 amide bonds. The molecule has 0 saturated heterocycles. The van der Waals surface area contributed by atoms with Crippen molar-refractivity contribution < 1.29 is 18.0 Å². The van der Waals surface area contributed by atoms with Crippen LogP contribution in [0.4, 0.5) is 13.2 Å². The molecule has 0 bridgehead atoms. The quantitative estimate of drug-likeness (QED) is 0.632. The molecule has 23 heavy (non-hydrogen) atoms. The van der Waals surface area contributed by atoms with Crippen molar-refractivity contribution in [3.05, 3.63) is 41.6 Å². The van der Waals surface area contributed by atoms with Crippen LogP contribution in [-0.2, 0) is 6.18 Å². The number of halogens is 3. The zero-order valence-electron chi connectivity index (χ0n) is 12.7. The summed E-state index contributed by atoms with van der Waals surface area (Å²) in [4.78, 5) is 21.0. The number of alkyl halides is 3. The predicted molar refractivity (Wildman–Crippen MR) is 82.3 cm³/mol. The van der Waals surface area contributed by atoms with Crippen LogP contribution >= 0.6 is 11.8 Å². The van der Waals surface area contributed by atoms with E-state index in [-0.39, 0.29) is 16.8 Å². The first kappa shape index (κ1) is 17.3. The average Bonchev–Trinajstić information content (AvgIpc) is 2.52. The average molecular weight is 341 g/mol. The molecule has 122 valence electrons. The van der Waals surface area contributed by atoms with Crippen LogP contribution in [0.2, 0.25) is 0 Å². The zero-order valence-corrected chi connectivity index (χ0v) is 13.5. The van der Waals surface area contributed by atoms with E-state index in [1.165, 1.54) is 11.0 Å². The Kier molecular flexibility index (Phi) is 4.93. The summed E-state index contributed by atoms with van der Waals surface area (Å²) in [5.41, 5.74) is -0.0625. The van der Waals surface area contributed by atoms with Crippen molar-refractivity contribution in [3.8, 4) is 11.3 Å². The van der Waals surface area contributed by atoms with Crippen molar-refractivity contribution in [3.63, 3.8) is 0 Å². The normalized spacial score (nSPS) is 11.4. The molecule has 0 spiro atoms. The van der Waals surface area contributed by atoms with E-state index in [9.17, 15) is 18.0 Å². The standard InChI is InChI=1S/C15H14F3N3OS/c1-21(2)13(22)10-6-4-5-9(7-10)11-8-12(15(16,17)18)20-14(19-11)23-3/h4-8H,1-3H3. The molecule has 2 aromatic rings. The van der Waals surface area contributed by atoms with Gasteiger partial charge in [0, 0.05) is 25.2 Å². The lowest BCUT2D eigenvalue weighted by atomic mass is 10.1. The SMILES string of the molecule is CSc1nc(-c2cccc(C(=O)N(C)C)c2)cc(C(F)(F)F)n1. The molecule has 1 heterocycles. The summed E-state index contributed by atoms with van der Waals surface area (Å²) < 4.78 is 38.9. The molecule has 0 atom stereocenters. The fourth-order valence-corrected chi connectivity index (χ4v) is 2.26. The van der Waals surface area contributed by atoms with Crippen molar-refractivity contribution in [1.29, 1.82) is 0 Å². The zero-order chi connectivity index (χ0) is 17.2. The Morgan fingerprint density at radius 1 is 1.17 bits per heavy atom. The van der Waals surface area contributed by atoms with E-state index in [1.54, 1.807) is 38.6 Å². The van der Waals surface area contributed by atoms with E-state index in [1.807, 2.05) is 0 Å². The maximum Gasteiger partial charge on any atom is 0.433 e. The maximum atomic E-state index is 13.0. The van der Waals surface area contributed by atoms with Crippen LogP contribution in [0.15, 0.2) is 35.5 Å². The van der Waals surface area contributed by atoms with E-state index in [2.05, 4.69) is 9.97 Å². The van der Waals surface area contributed by atoms with E-state index in [0.29, 0.717) is 11.1 Å². The van der Waals surface area contributed by atoms with Gasteiger partial charge in [-0.15, -0.1) is 0 Å². The first-order valence-corrected chi connectivity index (χ1v) is 7.77. The summed E-state index contributed by atoms with van der Waals surface area (Å²) in [6.45, 7) is 0. The molecule has 1 aromatic carbocycles. The summed E-state index contributed by atoms with van der Waals surface area (Å²) in [5, 5.41) is 0.0270. The second-order valence-corrected chi connectivity index (χ2v) is 5.68. The monoisotopic (exact) mass is 341 g/mol. The van der Waals surface area contributed by atoms with Crippen molar-refractivity contribution in [2.45, 2.75) is 11.3 Å². The molecule has 2 rings (SSSR count). The van der Waals surface area contributed by atoms with Crippen molar-refractivity contribution in [2.75, 3.05) is 20.4 Å². The van der Waals surface area contributed by atoms with Gasteiger partial charge in [-0.3, -0.25) is 4.79 Å². The van der Waals surface area contributed by atoms with Gasteiger partial charge in [-0.25, -0.2) is 9.97 Å². The minimum atomic E-state index is -4.56. The second-order valence-electron chi connectivity index (χ2n) is 4.90. The minimum Gasteiger partial charge on any atom is -0.345 e. The smallest absolute Gasteiger partial charge is 0.345 e. The highest BCUT2D eigenvalue weighted by atomic mass is 32.2. The number of hydrogen-bond donors (Lipinski definition) is 0. The predicted octanol–water partition coefficient (Wildman–Crippen LogP) is 3.59. The fraction of sp³-hybridized carbons (Fsp3) is 0.267. The van der Waals surface area contributed by atoms with Crippen molar-refractivity contribution in [1.82, 2.24) is 14.9 Å². The number of carbonyl (C=O) groups excluding carboxylic acids is 1. The number of benzene rings is 1. The molecule has 4 nitrogen and oxygen atoms in total. The van der Waals surface area contributed by atoms with Gasteiger partial charge in [0.15, 0.2) is 5.16 Å². The summed E-state index contributed by atoms with van der Waals surface area (Å²) >= 11 is 1.03. The Balaban J connectivity index is 2.54. The van der Waals surface area contributed by atoms with Crippen molar-refractivity contribution >= 4 is 17.7 Å². The van der Waals surface area contributed by atoms with E-state index < -0.39 is 11.9 Å². The van der Waals surface area contributed by atoms with Crippen LogP contribution in [0.5, 0.6) is 0 Å². The lowest BCUT2D eigenvalue weighted by Gasteiger charge is -2.12. The van der Waals surface area contributed by atoms with Gasteiger partial charge in [-0.1, -0.05) is 23.9 Å². The lowest BCUT2D eigenvalue weighted by Crippen LogP contribution is -2.21. The third-order valence-electron chi connectivity index (χ3n) is 2.99. The highest BCUT2D eigenvalue weighted by molar-refractivity contribution is 7.98. The molecule has 0 unspecified atom stereocenters. The van der Waals surface area contributed by atoms with Crippen LogP contribution in [0, 0.1) is 0 Å². The maximum absolute atomic E-state index is 13.0. The Morgan fingerprint density at radius 2 is 1.87 bits per heavy atom. The van der Waals surface area contributed by atoms with E-state index in [4.69, 9.17) is 0 Å².